The average Bonchev–Trinajstić information content (AvgIpc) is 3.13. The molecule has 5 heteroatoms. The fraction of sp³-hybridized carbons (Fsp3) is 0.529. The van der Waals surface area contributed by atoms with Crippen molar-refractivity contribution in [3.05, 3.63) is 52.2 Å². The molecule has 1 fully saturated rings. The van der Waals surface area contributed by atoms with Gasteiger partial charge in [0.1, 0.15) is 0 Å². The lowest BCUT2D eigenvalue weighted by atomic mass is 10.1. The molecule has 0 spiro atoms. The Balaban J connectivity index is 1.80. The number of hydrogen-bond acceptors (Lipinski definition) is 3. The number of likely N-dealkylation sites (tertiary alicyclic amines) is 1. The highest BCUT2D eigenvalue weighted by atomic mass is 16.1. The highest BCUT2D eigenvalue weighted by Gasteiger charge is 2.30. The number of rotatable bonds is 6. The number of H-pyrrole nitrogens is 1. The summed E-state index contributed by atoms with van der Waals surface area (Å²) >= 11 is 0. The Morgan fingerprint density at radius 3 is 2.91 bits per heavy atom. The number of hydrogen-bond donors (Lipinski definition) is 1. The van der Waals surface area contributed by atoms with Gasteiger partial charge in [-0.1, -0.05) is 43.7 Å². The molecule has 5 nitrogen and oxygen atoms in total. The summed E-state index contributed by atoms with van der Waals surface area (Å²) in [5.41, 5.74) is 1.24. The van der Waals surface area contributed by atoms with Crippen LogP contribution in [0.2, 0.25) is 0 Å². The zero-order chi connectivity index (χ0) is 15.4. The summed E-state index contributed by atoms with van der Waals surface area (Å²) in [6, 6.07) is 10.8. The van der Waals surface area contributed by atoms with E-state index >= 15 is 0 Å². The van der Waals surface area contributed by atoms with E-state index in [9.17, 15) is 4.79 Å². The smallest absolute Gasteiger partial charge is 0.289 e. The summed E-state index contributed by atoms with van der Waals surface area (Å²) in [5.74, 6) is 0.909. The van der Waals surface area contributed by atoms with E-state index in [0.29, 0.717) is 0 Å². The third-order valence-corrected chi connectivity index (χ3v) is 4.41. The minimum absolute atomic E-state index is 0.0741. The van der Waals surface area contributed by atoms with Crippen LogP contribution in [0.1, 0.15) is 50.0 Å². The van der Waals surface area contributed by atoms with Crippen LogP contribution in [0.15, 0.2) is 35.1 Å². The lowest BCUT2D eigenvalue weighted by Crippen LogP contribution is -2.27. The molecule has 1 aromatic carbocycles. The summed E-state index contributed by atoms with van der Waals surface area (Å²) in [7, 11) is 0. The Kier molecular flexibility index (Phi) is 4.73. The highest BCUT2D eigenvalue weighted by Crippen LogP contribution is 2.31. The van der Waals surface area contributed by atoms with Crippen molar-refractivity contribution in [2.45, 2.75) is 51.7 Å². The van der Waals surface area contributed by atoms with Crippen LogP contribution >= 0.6 is 0 Å². The largest absolute Gasteiger partial charge is 0.343 e. The van der Waals surface area contributed by atoms with Crippen molar-refractivity contribution in [3.8, 4) is 0 Å². The number of nitrogens with one attached hydrogen (secondary N) is 1. The summed E-state index contributed by atoms with van der Waals surface area (Å²) in [5, 5.41) is 6.96. The average molecular weight is 300 g/mol. The molecule has 0 aliphatic carbocycles. The van der Waals surface area contributed by atoms with E-state index in [1.807, 2.05) is 10.6 Å². The number of nitrogens with zero attached hydrogens (tertiary/aromatic N) is 3. The molecule has 1 N–H and O–H groups in total. The third-order valence-electron chi connectivity index (χ3n) is 4.41. The molecule has 0 bridgehead atoms. The van der Waals surface area contributed by atoms with Gasteiger partial charge in [0.25, 0.3) is 0 Å². The first-order valence-electron chi connectivity index (χ1n) is 8.22. The number of aromatic amines is 1. The molecule has 0 unspecified atom stereocenters. The van der Waals surface area contributed by atoms with Crippen LogP contribution < -0.4 is 5.69 Å². The second kappa shape index (κ2) is 6.92. The van der Waals surface area contributed by atoms with E-state index < -0.39 is 0 Å². The maximum atomic E-state index is 12.0. The van der Waals surface area contributed by atoms with Gasteiger partial charge in [-0.2, -0.15) is 5.10 Å². The lowest BCUT2D eigenvalue weighted by molar-refractivity contribution is 0.234. The zero-order valence-corrected chi connectivity index (χ0v) is 13.2. The highest BCUT2D eigenvalue weighted by molar-refractivity contribution is 5.15. The first-order valence-corrected chi connectivity index (χ1v) is 8.22. The zero-order valence-electron chi connectivity index (χ0n) is 13.2. The van der Waals surface area contributed by atoms with Gasteiger partial charge in [0.15, 0.2) is 5.82 Å². The molecule has 1 atom stereocenters. The second-order valence-electron chi connectivity index (χ2n) is 6.01. The summed E-state index contributed by atoms with van der Waals surface area (Å²) in [6.07, 6.45) is 4.32. The molecule has 1 saturated heterocycles. The molecule has 3 rings (SSSR count). The van der Waals surface area contributed by atoms with Crippen molar-refractivity contribution < 1.29 is 0 Å². The molecule has 118 valence electrons. The van der Waals surface area contributed by atoms with Crippen LogP contribution in [0.25, 0.3) is 0 Å². The summed E-state index contributed by atoms with van der Waals surface area (Å²) < 4.78 is 1.83. The normalized spacial score (nSPS) is 18.9. The Bertz CT molecular complexity index is 646. The van der Waals surface area contributed by atoms with E-state index in [0.717, 1.165) is 51.1 Å². The molecular weight excluding hydrogens is 276 g/mol. The lowest BCUT2D eigenvalue weighted by Gasteiger charge is -2.24. The third kappa shape index (κ3) is 3.14. The van der Waals surface area contributed by atoms with Crippen LogP contribution in [0, 0.1) is 0 Å². The van der Waals surface area contributed by atoms with Crippen molar-refractivity contribution in [1.29, 1.82) is 0 Å². The number of benzene rings is 1. The van der Waals surface area contributed by atoms with Crippen molar-refractivity contribution >= 4 is 0 Å². The molecule has 0 amide bonds. The van der Waals surface area contributed by atoms with Gasteiger partial charge < -0.3 is 0 Å². The van der Waals surface area contributed by atoms with E-state index in [-0.39, 0.29) is 11.7 Å². The molecule has 1 aliphatic heterocycles. The van der Waals surface area contributed by atoms with Crippen LogP contribution in [0.5, 0.6) is 0 Å². The molecule has 22 heavy (non-hydrogen) atoms. The van der Waals surface area contributed by atoms with Gasteiger partial charge in [0.05, 0.1) is 6.04 Å². The van der Waals surface area contributed by atoms with E-state index in [4.69, 9.17) is 0 Å². The topological polar surface area (TPSA) is 53.9 Å². The van der Waals surface area contributed by atoms with Crippen molar-refractivity contribution in [3.63, 3.8) is 0 Å². The van der Waals surface area contributed by atoms with Gasteiger partial charge in [-0.3, -0.25) is 9.47 Å². The Labute approximate surface area is 131 Å². The van der Waals surface area contributed by atoms with Crippen LogP contribution in [-0.4, -0.2) is 26.2 Å². The fourth-order valence-electron chi connectivity index (χ4n) is 3.24. The first kappa shape index (κ1) is 15.0. The minimum Gasteiger partial charge on any atom is -0.289 e. The molecule has 1 aliphatic rings. The molecule has 2 heterocycles. The quantitative estimate of drug-likeness (QED) is 0.892. The van der Waals surface area contributed by atoms with Crippen LogP contribution in [-0.2, 0) is 13.1 Å². The van der Waals surface area contributed by atoms with Crippen molar-refractivity contribution in [1.82, 2.24) is 19.7 Å². The summed E-state index contributed by atoms with van der Waals surface area (Å²) in [4.78, 5) is 14.4. The molecule has 2 aromatic rings. The van der Waals surface area contributed by atoms with Gasteiger partial charge in [-0.15, -0.1) is 0 Å². The Hall–Kier alpha value is -1.88. The van der Waals surface area contributed by atoms with Crippen LogP contribution in [0.3, 0.4) is 0 Å². The number of aromatic nitrogens is 3. The molecule has 1 aromatic heterocycles. The van der Waals surface area contributed by atoms with E-state index in [1.54, 1.807) is 0 Å². The monoisotopic (exact) mass is 300 g/mol. The maximum Gasteiger partial charge on any atom is 0.343 e. The SMILES string of the molecule is CCCCn1c([C@@H]2CCCN2Cc2ccccc2)n[nH]c1=O. The standard InChI is InChI=1S/C17H24N4O/c1-2-3-12-21-16(18-19-17(21)22)15-10-7-11-20(15)13-14-8-5-4-6-9-14/h4-6,8-9,15H,2-3,7,10-13H2,1H3,(H,19,22)/t15-/m0/s1. The van der Waals surface area contributed by atoms with Gasteiger partial charge in [0.2, 0.25) is 0 Å². The van der Waals surface area contributed by atoms with Gasteiger partial charge >= 0.3 is 5.69 Å². The predicted octanol–water partition coefficient (Wildman–Crippen LogP) is 2.71. The minimum atomic E-state index is -0.0741. The molecule has 0 saturated carbocycles. The molecular formula is C17H24N4O. The van der Waals surface area contributed by atoms with Crippen molar-refractivity contribution in [2.75, 3.05) is 6.54 Å². The van der Waals surface area contributed by atoms with E-state index in [2.05, 4.69) is 46.3 Å². The van der Waals surface area contributed by atoms with Crippen molar-refractivity contribution in [2.24, 2.45) is 0 Å². The summed E-state index contributed by atoms with van der Waals surface area (Å²) in [6.45, 7) is 4.88. The van der Waals surface area contributed by atoms with Gasteiger partial charge in [-0.05, 0) is 31.4 Å². The first-order chi connectivity index (χ1) is 10.8. The maximum absolute atomic E-state index is 12.0. The fourth-order valence-corrected chi connectivity index (χ4v) is 3.24. The predicted molar refractivity (Wildman–Crippen MR) is 86.6 cm³/mol. The second-order valence-corrected chi connectivity index (χ2v) is 6.01. The Morgan fingerprint density at radius 1 is 1.32 bits per heavy atom. The van der Waals surface area contributed by atoms with Gasteiger partial charge in [0, 0.05) is 13.1 Å². The van der Waals surface area contributed by atoms with Gasteiger partial charge in [-0.25, -0.2) is 9.89 Å². The van der Waals surface area contributed by atoms with E-state index in [1.165, 1.54) is 5.56 Å². The Morgan fingerprint density at radius 2 is 2.14 bits per heavy atom. The molecule has 0 radical (unpaired) electrons. The van der Waals surface area contributed by atoms with Crippen LogP contribution in [0.4, 0.5) is 0 Å². The number of unbranched alkanes of at least 4 members (excludes halogenated alkanes) is 1.